The number of likely N-dealkylation sites (tertiary alicyclic amines) is 1. The highest BCUT2D eigenvalue weighted by molar-refractivity contribution is 6.02. The molecular formula is C20H25N5O3. The van der Waals surface area contributed by atoms with Crippen LogP contribution in [0, 0.1) is 12.3 Å². The van der Waals surface area contributed by atoms with E-state index in [0.717, 1.165) is 18.7 Å². The zero-order valence-electron chi connectivity index (χ0n) is 16.5. The van der Waals surface area contributed by atoms with Gasteiger partial charge in [-0.15, -0.1) is 0 Å². The molecular weight excluding hydrogens is 358 g/mol. The Hall–Kier alpha value is -2.77. The maximum Gasteiger partial charge on any atom is 0.261 e. The van der Waals surface area contributed by atoms with Gasteiger partial charge < -0.3 is 9.88 Å². The molecule has 2 N–H and O–H groups in total. The zero-order valence-corrected chi connectivity index (χ0v) is 16.5. The fourth-order valence-electron chi connectivity index (χ4n) is 4.27. The predicted octanol–water partition coefficient (Wildman–Crippen LogP) is 1.98. The average molecular weight is 383 g/mol. The maximum atomic E-state index is 13.1. The van der Waals surface area contributed by atoms with E-state index in [1.54, 1.807) is 4.90 Å². The number of piperidine rings is 1. The van der Waals surface area contributed by atoms with Gasteiger partial charge in [-0.2, -0.15) is 5.10 Å². The molecule has 1 saturated heterocycles. The number of aromatic nitrogens is 4. The van der Waals surface area contributed by atoms with Crippen LogP contribution in [0.3, 0.4) is 0 Å². The molecule has 8 nitrogen and oxygen atoms in total. The number of rotatable bonds is 2. The minimum atomic E-state index is -0.426. The SMILES string of the molecule is Cc1nc([C@@H]2CCCN(C(=O)c3cc4c([nH]c3=O)CC(C)(C)CC4=O)C2)n[nH]1. The lowest BCUT2D eigenvalue weighted by atomic mass is 9.75. The Morgan fingerprint density at radius 1 is 1.29 bits per heavy atom. The number of aromatic amines is 2. The van der Waals surface area contributed by atoms with Crippen LogP contribution in [-0.2, 0) is 6.42 Å². The Morgan fingerprint density at radius 3 is 2.79 bits per heavy atom. The Kier molecular flexibility index (Phi) is 4.44. The van der Waals surface area contributed by atoms with Crippen molar-refractivity contribution < 1.29 is 9.59 Å². The van der Waals surface area contributed by atoms with Gasteiger partial charge in [0.05, 0.1) is 0 Å². The van der Waals surface area contributed by atoms with E-state index < -0.39 is 5.56 Å². The number of aryl methyl sites for hydroxylation is 1. The Labute approximate surface area is 162 Å². The number of hydrogen-bond acceptors (Lipinski definition) is 5. The minimum absolute atomic E-state index is 0.0238. The predicted molar refractivity (Wildman–Crippen MR) is 102 cm³/mol. The van der Waals surface area contributed by atoms with Gasteiger partial charge in [0.2, 0.25) is 0 Å². The molecule has 2 aromatic rings. The summed E-state index contributed by atoms with van der Waals surface area (Å²) in [6, 6.07) is 1.49. The van der Waals surface area contributed by atoms with Crippen LogP contribution >= 0.6 is 0 Å². The molecule has 8 heteroatoms. The lowest BCUT2D eigenvalue weighted by Gasteiger charge is -2.32. The van der Waals surface area contributed by atoms with Gasteiger partial charge in [-0.05, 0) is 37.7 Å². The highest BCUT2D eigenvalue weighted by Gasteiger charge is 2.34. The van der Waals surface area contributed by atoms with E-state index in [1.807, 2.05) is 20.8 Å². The second kappa shape index (κ2) is 6.68. The van der Waals surface area contributed by atoms with E-state index in [-0.39, 0.29) is 28.6 Å². The normalized spacial score (nSPS) is 21.5. The Morgan fingerprint density at radius 2 is 2.07 bits per heavy atom. The van der Waals surface area contributed by atoms with E-state index >= 15 is 0 Å². The summed E-state index contributed by atoms with van der Waals surface area (Å²) < 4.78 is 0. The van der Waals surface area contributed by atoms with Crippen molar-refractivity contribution in [2.75, 3.05) is 13.1 Å². The van der Waals surface area contributed by atoms with Gasteiger partial charge in [0.15, 0.2) is 11.6 Å². The number of pyridine rings is 1. The second-order valence-electron chi connectivity index (χ2n) is 8.71. The lowest BCUT2D eigenvalue weighted by molar-refractivity contribution is 0.0702. The van der Waals surface area contributed by atoms with Crippen molar-refractivity contribution in [1.29, 1.82) is 0 Å². The molecule has 1 aliphatic heterocycles. The zero-order chi connectivity index (χ0) is 20.1. The van der Waals surface area contributed by atoms with Crippen molar-refractivity contribution in [3.63, 3.8) is 0 Å². The van der Waals surface area contributed by atoms with Crippen molar-refractivity contribution in [3.8, 4) is 0 Å². The first-order chi connectivity index (χ1) is 13.2. The van der Waals surface area contributed by atoms with Gasteiger partial charge in [0, 0.05) is 36.7 Å². The largest absolute Gasteiger partial charge is 0.338 e. The number of hydrogen-bond donors (Lipinski definition) is 2. The van der Waals surface area contributed by atoms with E-state index in [2.05, 4.69) is 20.2 Å². The molecule has 0 unspecified atom stereocenters. The number of Topliss-reactive ketones (excluding diaryl/α,β-unsaturated/α-hetero) is 1. The van der Waals surface area contributed by atoms with E-state index in [1.165, 1.54) is 6.07 Å². The Bertz CT molecular complexity index is 1000. The van der Waals surface area contributed by atoms with Crippen LogP contribution in [0.4, 0.5) is 0 Å². The van der Waals surface area contributed by atoms with Crippen molar-refractivity contribution in [3.05, 3.63) is 44.9 Å². The summed E-state index contributed by atoms with van der Waals surface area (Å²) in [6.45, 7) is 6.89. The number of nitrogens with zero attached hydrogens (tertiary/aromatic N) is 3. The molecule has 0 spiro atoms. The fourth-order valence-corrected chi connectivity index (χ4v) is 4.27. The molecule has 1 fully saturated rings. The summed E-state index contributed by atoms with van der Waals surface area (Å²) in [4.78, 5) is 47.1. The van der Waals surface area contributed by atoms with Gasteiger partial charge in [-0.1, -0.05) is 13.8 Å². The maximum absolute atomic E-state index is 13.1. The Balaban J connectivity index is 1.61. The number of amides is 1. The fraction of sp³-hybridized carbons (Fsp3) is 0.550. The number of ketones is 1. The highest BCUT2D eigenvalue weighted by atomic mass is 16.2. The summed E-state index contributed by atoms with van der Waals surface area (Å²) >= 11 is 0. The number of nitrogens with one attached hydrogen (secondary N) is 2. The lowest BCUT2D eigenvalue weighted by Crippen LogP contribution is -2.42. The summed E-state index contributed by atoms with van der Waals surface area (Å²) in [5.74, 6) is 1.13. The molecule has 3 heterocycles. The number of carbonyl (C=O) groups excluding carboxylic acids is 2. The molecule has 0 saturated carbocycles. The summed E-state index contributed by atoms with van der Waals surface area (Å²) in [7, 11) is 0. The van der Waals surface area contributed by atoms with Crippen LogP contribution in [-0.4, -0.2) is 49.8 Å². The quantitative estimate of drug-likeness (QED) is 0.823. The van der Waals surface area contributed by atoms with Crippen LogP contribution in [0.2, 0.25) is 0 Å². The molecule has 148 valence electrons. The smallest absolute Gasteiger partial charge is 0.261 e. The third-order valence-corrected chi connectivity index (χ3v) is 5.64. The van der Waals surface area contributed by atoms with Crippen molar-refractivity contribution in [2.45, 2.75) is 52.4 Å². The summed E-state index contributed by atoms with van der Waals surface area (Å²) in [5, 5.41) is 7.06. The molecule has 28 heavy (non-hydrogen) atoms. The van der Waals surface area contributed by atoms with Gasteiger partial charge in [-0.25, -0.2) is 4.98 Å². The van der Waals surface area contributed by atoms with Crippen molar-refractivity contribution in [2.24, 2.45) is 5.41 Å². The van der Waals surface area contributed by atoms with Gasteiger partial charge in [-0.3, -0.25) is 19.5 Å². The number of carbonyl (C=O) groups is 2. The van der Waals surface area contributed by atoms with E-state index in [9.17, 15) is 14.4 Å². The van der Waals surface area contributed by atoms with Crippen LogP contribution in [0.15, 0.2) is 10.9 Å². The van der Waals surface area contributed by atoms with Crippen molar-refractivity contribution in [1.82, 2.24) is 25.1 Å². The van der Waals surface area contributed by atoms with Crippen LogP contribution in [0.1, 0.15) is 77.1 Å². The van der Waals surface area contributed by atoms with E-state index in [0.29, 0.717) is 43.0 Å². The molecule has 1 aliphatic carbocycles. The van der Waals surface area contributed by atoms with Crippen molar-refractivity contribution >= 4 is 11.7 Å². The third kappa shape index (κ3) is 3.39. The average Bonchev–Trinajstić information content (AvgIpc) is 3.06. The van der Waals surface area contributed by atoms with Crippen LogP contribution in [0.25, 0.3) is 0 Å². The number of H-pyrrole nitrogens is 2. The second-order valence-corrected chi connectivity index (χ2v) is 8.71. The number of fused-ring (bicyclic) bond motifs is 1. The third-order valence-electron chi connectivity index (χ3n) is 5.64. The van der Waals surface area contributed by atoms with Gasteiger partial charge in [0.1, 0.15) is 11.4 Å². The molecule has 0 radical (unpaired) electrons. The molecule has 2 aliphatic rings. The standard InChI is InChI=1S/C20H25N5O3/c1-11-21-17(24-23-11)12-5-4-6-25(10-12)19(28)14-7-13-15(22-18(14)27)8-20(2,3)9-16(13)26/h7,12H,4-6,8-10H2,1-3H3,(H,22,27)(H,21,23,24)/t12-/m1/s1. The molecule has 4 rings (SSSR count). The van der Waals surface area contributed by atoms with Gasteiger partial charge >= 0.3 is 0 Å². The first-order valence-electron chi connectivity index (χ1n) is 9.71. The minimum Gasteiger partial charge on any atom is -0.338 e. The molecule has 1 amide bonds. The monoisotopic (exact) mass is 383 g/mol. The first kappa shape index (κ1) is 18.6. The van der Waals surface area contributed by atoms with Crippen LogP contribution < -0.4 is 5.56 Å². The summed E-state index contributed by atoms with van der Waals surface area (Å²) in [6.07, 6.45) is 2.75. The molecule has 0 aromatic carbocycles. The van der Waals surface area contributed by atoms with E-state index in [4.69, 9.17) is 0 Å². The molecule has 2 aromatic heterocycles. The topological polar surface area (TPSA) is 112 Å². The first-order valence-corrected chi connectivity index (χ1v) is 9.71. The van der Waals surface area contributed by atoms with Crippen LogP contribution in [0.5, 0.6) is 0 Å². The molecule has 1 atom stereocenters. The highest BCUT2D eigenvalue weighted by Crippen LogP contribution is 2.33. The van der Waals surface area contributed by atoms with Gasteiger partial charge in [0.25, 0.3) is 11.5 Å². The molecule has 0 bridgehead atoms. The summed E-state index contributed by atoms with van der Waals surface area (Å²) in [5.41, 5.74) is 0.535.